The number of nitrogens with two attached hydrogens (primary N) is 1. The first-order valence-corrected chi connectivity index (χ1v) is 11.7. The van der Waals surface area contributed by atoms with E-state index in [1.54, 1.807) is 6.92 Å². The molecule has 0 saturated carbocycles. The number of hydrogen-bond donors (Lipinski definition) is 2. The first kappa shape index (κ1) is 25.3. The molecule has 0 fully saturated rings. The minimum Gasteiger partial charge on any atom is -0.466 e. The first-order chi connectivity index (χ1) is 17.8. The summed E-state index contributed by atoms with van der Waals surface area (Å²) in [5.41, 5.74) is 6.38. The van der Waals surface area contributed by atoms with Crippen molar-refractivity contribution in [3.05, 3.63) is 100 Å². The Morgan fingerprint density at radius 1 is 0.946 bits per heavy atom. The van der Waals surface area contributed by atoms with Crippen LogP contribution in [0, 0.1) is 10.1 Å². The highest BCUT2D eigenvalue weighted by Crippen LogP contribution is 2.30. The monoisotopic (exact) mass is 499 g/mol. The summed E-state index contributed by atoms with van der Waals surface area (Å²) >= 11 is 0. The van der Waals surface area contributed by atoms with E-state index in [0.717, 1.165) is 10.8 Å². The third-order valence-corrected chi connectivity index (χ3v) is 6.22. The number of amides is 2. The largest absolute Gasteiger partial charge is 0.466 e. The molecule has 9 nitrogen and oxygen atoms in total. The van der Waals surface area contributed by atoms with E-state index in [2.05, 4.69) is 5.32 Å². The molecule has 3 N–H and O–H groups in total. The molecule has 188 valence electrons. The van der Waals surface area contributed by atoms with Crippen LogP contribution in [-0.2, 0) is 14.3 Å². The van der Waals surface area contributed by atoms with Gasteiger partial charge in [-0.15, -0.1) is 0 Å². The van der Waals surface area contributed by atoms with Crippen LogP contribution in [0.5, 0.6) is 0 Å². The number of primary amides is 1. The lowest BCUT2D eigenvalue weighted by molar-refractivity contribution is -0.384. The predicted octanol–water partition coefficient (Wildman–Crippen LogP) is 4.22. The lowest BCUT2D eigenvalue weighted by Gasteiger charge is -2.26. The molecule has 37 heavy (non-hydrogen) atoms. The minimum absolute atomic E-state index is 0.126. The van der Waals surface area contributed by atoms with Gasteiger partial charge >= 0.3 is 5.97 Å². The van der Waals surface area contributed by atoms with Crippen molar-refractivity contribution >= 4 is 45.0 Å². The molecule has 4 rings (SSSR count). The molecule has 2 amide bonds. The predicted molar refractivity (Wildman–Crippen MR) is 139 cm³/mol. The summed E-state index contributed by atoms with van der Waals surface area (Å²) in [7, 11) is 0. The number of benzene rings is 4. The number of fused-ring (bicyclic) bond motifs is 2. The van der Waals surface area contributed by atoms with Crippen molar-refractivity contribution in [1.29, 1.82) is 0 Å². The molecule has 0 unspecified atom stereocenters. The molecule has 0 aliphatic carbocycles. The van der Waals surface area contributed by atoms with Gasteiger partial charge in [0.15, 0.2) is 0 Å². The Balaban J connectivity index is 1.78. The van der Waals surface area contributed by atoms with Crippen LogP contribution in [-0.4, -0.2) is 35.4 Å². The van der Waals surface area contributed by atoms with E-state index in [9.17, 15) is 24.5 Å². The Morgan fingerprint density at radius 3 is 2.03 bits per heavy atom. The number of esters is 1. The minimum atomic E-state index is -1.30. The first-order valence-electron chi connectivity index (χ1n) is 11.7. The number of nitrogens with zero attached hydrogens (tertiary/aromatic N) is 1. The fraction of sp³-hybridized carbons (Fsp3) is 0.179. The van der Waals surface area contributed by atoms with Gasteiger partial charge in [-0.2, -0.15) is 0 Å². The number of hydrogen-bond acceptors (Lipinski definition) is 6. The molecule has 0 aliphatic heterocycles. The topological polar surface area (TPSA) is 142 Å². The van der Waals surface area contributed by atoms with Gasteiger partial charge in [-0.1, -0.05) is 60.7 Å². The van der Waals surface area contributed by atoms with E-state index in [-0.39, 0.29) is 18.7 Å². The van der Waals surface area contributed by atoms with E-state index in [1.807, 2.05) is 54.6 Å². The standard InChI is InChI=1S/C28H25N3O6/c1-2-37-24(32)16-23(17-11-13-20(14-12-17)31(35)36)26(27(29)33)30-28(34)25-21-9-5-3-7-18(21)15-19-8-4-6-10-22(19)25/h3-15,23,26H,2,16H2,1H3,(H2,29,33)(H,30,34)/t23-,26-/m0/s1. The molecular formula is C28H25N3O6. The highest BCUT2D eigenvalue weighted by molar-refractivity contribution is 6.18. The third kappa shape index (κ3) is 5.40. The maximum absolute atomic E-state index is 13.8. The summed E-state index contributed by atoms with van der Waals surface area (Å²) in [6, 6.07) is 20.9. The van der Waals surface area contributed by atoms with E-state index in [4.69, 9.17) is 10.5 Å². The van der Waals surface area contributed by atoms with Gasteiger partial charge in [0.1, 0.15) is 6.04 Å². The zero-order valence-corrected chi connectivity index (χ0v) is 20.0. The number of nitro groups is 1. The fourth-order valence-electron chi connectivity index (χ4n) is 4.51. The zero-order chi connectivity index (χ0) is 26.5. The van der Waals surface area contributed by atoms with Gasteiger partial charge in [0.2, 0.25) is 5.91 Å². The molecule has 4 aromatic rings. The average Bonchev–Trinajstić information content (AvgIpc) is 2.89. The van der Waals surface area contributed by atoms with Crippen molar-refractivity contribution in [3.63, 3.8) is 0 Å². The Kier molecular flexibility index (Phi) is 7.43. The van der Waals surface area contributed by atoms with Crippen molar-refractivity contribution in [3.8, 4) is 0 Å². The quantitative estimate of drug-likeness (QED) is 0.153. The molecule has 0 aromatic heterocycles. The van der Waals surface area contributed by atoms with Crippen LogP contribution in [0.4, 0.5) is 5.69 Å². The Hall–Kier alpha value is -4.79. The van der Waals surface area contributed by atoms with Crippen molar-refractivity contribution in [2.45, 2.75) is 25.3 Å². The maximum Gasteiger partial charge on any atom is 0.306 e. The van der Waals surface area contributed by atoms with Crippen LogP contribution < -0.4 is 11.1 Å². The van der Waals surface area contributed by atoms with Gasteiger partial charge < -0.3 is 15.8 Å². The number of carbonyl (C=O) groups is 3. The van der Waals surface area contributed by atoms with Gasteiger partial charge in [0.25, 0.3) is 11.6 Å². The van der Waals surface area contributed by atoms with E-state index >= 15 is 0 Å². The van der Waals surface area contributed by atoms with Gasteiger partial charge in [0.05, 0.1) is 23.5 Å². The van der Waals surface area contributed by atoms with Crippen molar-refractivity contribution in [2.24, 2.45) is 5.73 Å². The van der Waals surface area contributed by atoms with Crippen LogP contribution in [0.15, 0.2) is 78.9 Å². The number of non-ortho nitro benzene ring substituents is 1. The third-order valence-electron chi connectivity index (χ3n) is 6.22. The lowest BCUT2D eigenvalue weighted by atomic mass is 9.87. The van der Waals surface area contributed by atoms with Gasteiger partial charge in [0, 0.05) is 18.1 Å². The zero-order valence-electron chi connectivity index (χ0n) is 20.0. The fourth-order valence-corrected chi connectivity index (χ4v) is 4.51. The molecular weight excluding hydrogens is 474 g/mol. The van der Waals surface area contributed by atoms with E-state index < -0.39 is 34.7 Å². The molecule has 0 spiro atoms. The number of ether oxygens (including phenoxy) is 1. The molecule has 2 atom stereocenters. The highest BCUT2D eigenvalue weighted by Gasteiger charge is 2.33. The summed E-state index contributed by atoms with van der Waals surface area (Å²) in [6.07, 6.45) is -0.268. The Bertz CT molecular complexity index is 1450. The van der Waals surface area contributed by atoms with Crippen LogP contribution in [0.2, 0.25) is 0 Å². The molecule has 0 saturated heterocycles. The van der Waals surface area contributed by atoms with E-state index in [0.29, 0.717) is 21.9 Å². The van der Waals surface area contributed by atoms with Crippen LogP contribution >= 0.6 is 0 Å². The second-order valence-corrected chi connectivity index (χ2v) is 8.51. The Morgan fingerprint density at radius 2 is 1.51 bits per heavy atom. The summed E-state index contributed by atoms with van der Waals surface area (Å²) in [5, 5.41) is 16.9. The van der Waals surface area contributed by atoms with Crippen LogP contribution in [0.3, 0.4) is 0 Å². The normalized spacial score (nSPS) is 12.6. The summed E-state index contributed by atoms with van der Waals surface area (Å²) in [6.45, 7) is 1.78. The maximum atomic E-state index is 13.8. The van der Waals surface area contributed by atoms with Crippen molar-refractivity contribution in [2.75, 3.05) is 6.61 Å². The SMILES string of the molecule is CCOC(=O)C[C@@H](c1ccc([N+](=O)[O-])cc1)[C@H](NC(=O)c1c2ccccc2cc2ccccc12)C(N)=O. The summed E-state index contributed by atoms with van der Waals surface area (Å²) < 4.78 is 5.08. The second kappa shape index (κ2) is 10.9. The highest BCUT2D eigenvalue weighted by atomic mass is 16.6. The van der Waals surface area contributed by atoms with Crippen LogP contribution in [0.25, 0.3) is 21.5 Å². The number of rotatable bonds is 9. The van der Waals surface area contributed by atoms with Gasteiger partial charge in [-0.05, 0) is 40.1 Å². The van der Waals surface area contributed by atoms with Gasteiger partial charge in [-0.25, -0.2) is 0 Å². The molecule has 9 heteroatoms. The molecule has 0 bridgehead atoms. The van der Waals surface area contributed by atoms with Crippen molar-refractivity contribution in [1.82, 2.24) is 5.32 Å². The smallest absolute Gasteiger partial charge is 0.306 e. The number of carbonyl (C=O) groups excluding carboxylic acids is 3. The summed E-state index contributed by atoms with van der Waals surface area (Å²) in [5.74, 6) is -2.90. The Labute approximate surface area is 212 Å². The molecule has 4 aromatic carbocycles. The average molecular weight is 500 g/mol. The van der Waals surface area contributed by atoms with Gasteiger partial charge in [-0.3, -0.25) is 24.5 Å². The molecule has 0 radical (unpaired) electrons. The van der Waals surface area contributed by atoms with Crippen LogP contribution in [0.1, 0.15) is 35.2 Å². The molecule has 0 heterocycles. The summed E-state index contributed by atoms with van der Waals surface area (Å²) in [4.78, 5) is 49.4. The van der Waals surface area contributed by atoms with E-state index in [1.165, 1.54) is 24.3 Å². The number of nitrogens with one attached hydrogen (secondary N) is 1. The number of nitro benzene ring substituents is 1. The lowest BCUT2D eigenvalue weighted by Crippen LogP contribution is -2.48. The second-order valence-electron chi connectivity index (χ2n) is 8.51. The van der Waals surface area contributed by atoms with Crippen molar-refractivity contribution < 1.29 is 24.0 Å². The molecule has 0 aliphatic rings.